The van der Waals surface area contributed by atoms with Crippen LogP contribution in [0.5, 0.6) is 5.75 Å². The highest BCUT2D eigenvalue weighted by Gasteiger charge is 2.20. The number of halogens is 1. The number of benzene rings is 1. The van der Waals surface area contributed by atoms with Gasteiger partial charge in [-0.25, -0.2) is 4.39 Å². The highest BCUT2D eigenvalue weighted by atomic mass is 19.1. The first-order valence-corrected chi connectivity index (χ1v) is 4.66. The summed E-state index contributed by atoms with van der Waals surface area (Å²) in [6, 6.07) is 3.54. The summed E-state index contributed by atoms with van der Waals surface area (Å²) in [4.78, 5) is 12.8. The molecule has 1 amide bonds. The normalized spacial score (nSPS) is 11.3. The molecule has 0 unspecified atom stereocenters. The number of amidine groups is 1. The summed E-state index contributed by atoms with van der Waals surface area (Å²) in [7, 11) is 1.34. The first-order chi connectivity index (χ1) is 7.97. The lowest BCUT2D eigenvalue weighted by Gasteiger charge is -2.17. The van der Waals surface area contributed by atoms with Crippen LogP contribution < -0.4 is 5.73 Å². The number of amides is 1. The number of carbonyl (C=O) groups is 1. The van der Waals surface area contributed by atoms with Crippen LogP contribution in [0.4, 0.5) is 4.39 Å². The second kappa shape index (κ2) is 5.15. The highest BCUT2D eigenvalue weighted by molar-refractivity contribution is 5.99. The predicted octanol–water partition coefficient (Wildman–Crippen LogP) is 0.350. The van der Waals surface area contributed by atoms with E-state index in [1.54, 1.807) is 0 Å². The van der Waals surface area contributed by atoms with Crippen molar-refractivity contribution in [3.63, 3.8) is 0 Å². The van der Waals surface area contributed by atoms with E-state index in [0.29, 0.717) is 0 Å². The number of rotatable bonds is 3. The SMILES string of the molecule is CN(C/C(N)=N/O)C(=O)c1c(O)cccc1F. The minimum absolute atomic E-state index is 0.177. The van der Waals surface area contributed by atoms with Crippen LogP contribution in [0.2, 0.25) is 0 Å². The molecule has 4 N–H and O–H groups in total. The van der Waals surface area contributed by atoms with Crippen LogP contribution in [0.3, 0.4) is 0 Å². The number of hydrogen-bond acceptors (Lipinski definition) is 4. The predicted molar refractivity (Wildman–Crippen MR) is 58.4 cm³/mol. The van der Waals surface area contributed by atoms with Crippen molar-refractivity contribution in [2.75, 3.05) is 13.6 Å². The third-order valence-electron chi connectivity index (χ3n) is 2.08. The Morgan fingerprint density at radius 3 is 2.76 bits per heavy atom. The van der Waals surface area contributed by atoms with E-state index in [0.717, 1.165) is 11.0 Å². The van der Waals surface area contributed by atoms with Crippen molar-refractivity contribution >= 4 is 11.7 Å². The zero-order chi connectivity index (χ0) is 13.0. The van der Waals surface area contributed by atoms with Crippen molar-refractivity contribution in [2.45, 2.75) is 0 Å². The summed E-state index contributed by atoms with van der Waals surface area (Å²) >= 11 is 0. The fraction of sp³-hybridized carbons (Fsp3) is 0.200. The van der Waals surface area contributed by atoms with Gasteiger partial charge in [-0.3, -0.25) is 4.79 Å². The second-order valence-electron chi connectivity index (χ2n) is 3.39. The zero-order valence-electron chi connectivity index (χ0n) is 9.09. The summed E-state index contributed by atoms with van der Waals surface area (Å²) < 4.78 is 13.4. The number of likely N-dealkylation sites (N-methyl/N-ethyl adjacent to an activating group) is 1. The molecule has 7 heteroatoms. The van der Waals surface area contributed by atoms with Crippen LogP contribution in [0, 0.1) is 5.82 Å². The number of nitrogens with two attached hydrogens (primary N) is 1. The molecule has 0 atom stereocenters. The van der Waals surface area contributed by atoms with Crippen molar-refractivity contribution in [2.24, 2.45) is 10.9 Å². The van der Waals surface area contributed by atoms with Crippen LogP contribution in [0.25, 0.3) is 0 Å². The Bertz CT molecular complexity index is 442. The quantitative estimate of drug-likeness (QED) is 0.308. The monoisotopic (exact) mass is 241 g/mol. The average Bonchev–Trinajstić information content (AvgIpc) is 2.28. The molecule has 0 fully saturated rings. The lowest BCUT2D eigenvalue weighted by molar-refractivity contribution is 0.0806. The molecule has 17 heavy (non-hydrogen) atoms. The van der Waals surface area contributed by atoms with Crippen LogP contribution in [0.1, 0.15) is 10.4 Å². The molecule has 0 saturated carbocycles. The van der Waals surface area contributed by atoms with Crippen molar-refractivity contribution in [1.29, 1.82) is 0 Å². The molecule has 0 aromatic heterocycles. The van der Waals surface area contributed by atoms with E-state index in [9.17, 15) is 14.3 Å². The maximum atomic E-state index is 13.4. The van der Waals surface area contributed by atoms with Gasteiger partial charge in [0, 0.05) is 7.05 Å². The minimum atomic E-state index is -0.832. The molecule has 0 aliphatic carbocycles. The molecule has 0 aliphatic rings. The molecule has 0 saturated heterocycles. The zero-order valence-corrected chi connectivity index (χ0v) is 9.09. The van der Waals surface area contributed by atoms with Crippen molar-refractivity contribution in [3.05, 3.63) is 29.6 Å². The van der Waals surface area contributed by atoms with Crippen LogP contribution in [-0.2, 0) is 0 Å². The standard InChI is InChI=1S/C10H12FN3O3/c1-14(5-8(12)13-17)10(16)9-6(11)3-2-4-7(9)15/h2-4,15,17H,5H2,1H3,(H2,12,13). The van der Waals surface area contributed by atoms with Gasteiger partial charge in [-0.2, -0.15) is 0 Å². The largest absolute Gasteiger partial charge is 0.507 e. The van der Waals surface area contributed by atoms with Gasteiger partial charge in [0.15, 0.2) is 5.84 Å². The molecule has 92 valence electrons. The van der Waals surface area contributed by atoms with Gasteiger partial charge < -0.3 is 20.9 Å². The summed E-state index contributed by atoms with van der Waals surface area (Å²) in [5, 5.41) is 20.4. The fourth-order valence-corrected chi connectivity index (χ4v) is 1.26. The van der Waals surface area contributed by atoms with Gasteiger partial charge in [-0.1, -0.05) is 11.2 Å². The third-order valence-corrected chi connectivity index (χ3v) is 2.08. The lowest BCUT2D eigenvalue weighted by atomic mass is 10.1. The summed E-state index contributed by atoms with van der Waals surface area (Å²) in [5.74, 6) is -2.24. The summed E-state index contributed by atoms with van der Waals surface area (Å²) in [5.41, 5.74) is 4.77. The molecule has 1 rings (SSSR count). The smallest absolute Gasteiger partial charge is 0.260 e. The van der Waals surface area contributed by atoms with Gasteiger partial charge in [0.25, 0.3) is 5.91 Å². The Morgan fingerprint density at radius 1 is 1.59 bits per heavy atom. The first kappa shape index (κ1) is 12.8. The molecule has 0 radical (unpaired) electrons. The Balaban J connectivity index is 2.97. The van der Waals surface area contributed by atoms with Gasteiger partial charge in [0.2, 0.25) is 0 Å². The van der Waals surface area contributed by atoms with Crippen molar-refractivity contribution in [1.82, 2.24) is 4.90 Å². The summed E-state index contributed by atoms with van der Waals surface area (Å²) in [6.45, 7) is -0.177. The number of oxime groups is 1. The van der Waals surface area contributed by atoms with Gasteiger partial charge in [-0.05, 0) is 12.1 Å². The van der Waals surface area contributed by atoms with E-state index in [1.807, 2.05) is 0 Å². The molecule has 6 nitrogen and oxygen atoms in total. The van der Waals surface area contributed by atoms with Gasteiger partial charge in [-0.15, -0.1) is 0 Å². The van der Waals surface area contributed by atoms with Crippen molar-refractivity contribution < 1.29 is 19.5 Å². The van der Waals surface area contributed by atoms with Crippen LogP contribution in [-0.4, -0.2) is 40.5 Å². The van der Waals surface area contributed by atoms with Crippen LogP contribution >= 0.6 is 0 Å². The molecule has 0 heterocycles. The molecule has 0 aliphatic heterocycles. The topological polar surface area (TPSA) is 99.1 Å². The molecule has 1 aromatic rings. The first-order valence-electron chi connectivity index (χ1n) is 4.66. The van der Waals surface area contributed by atoms with Gasteiger partial charge in [0.05, 0.1) is 6.54 Å². The fourth-order valence-electron chi connectivity index (χ4n) is 1.26. The van der Waals surface area contributed by atoms with Gasteiger partial charge in [0.1, 0.15) is 17.1 Å². The lowest BCUT2D eigenvalue weighted by Crippen LogP contribution is -2.36. The molecule has 1 aromatic carbocycles. The van der Waals surface area contributed by atoms with E-state index in [4.69, 9.17) is 10.9 Å². The minimum Gasteiger partial charge on any atom is -0.507 e. The molecular weight excluding hydrogens is 229 g/mol. The number of phenols is 1. The maximum absolute atomic E-state index is 13.4. The average molecular weight is 241 g/mol. The molecule has 0 spiro atoms. The highest BCUT2D eigenvalue weighted by Crippen LogP contribution is 2.21. The molecular formula is C10H12FN3O3. The number of aromatic hydroxyl groups is 1. The summed E-state index contributed by atoms with van der Waals surface area (Å²) in [6.07, 6.45) is 0. The third kappa shape index (κ3) is 2.83. The Morgan fingerprint density at radius 2 is 2.24 bits per heavy atom. The van der Waals surface area contributed by atoms with Crippen LogP contribution in [0.15, 0.2) is 23.4 Å². The van der Waals surface area contributed by atoms with Crippen molar-refractivity contribution in [3.8, 4) is 5.75 Å². The van der Waals surface area contributed by atoms with E-state index < -0.39 is 23.0 Å². The number of nitrogens with zero attached hydrogens (tertiary/aromatic N) is 2. The Kier molecular flexibility index (Phi) is 3.86. The van der Waals surface area contributed by atoms with E-state index >= 15 is 0 Å². The Labute approximate surface area is 96.8 Å². The van der Waals surface area contributed by atoms with E-state index in [1.165, 1.54) is 19.2 Å². The van der Waals surface area contributed by atoms with E-state index in [-0.39, 0.29) is 12.4 Å². The number of phenolic OH excluding ortho intramolecular Hbond substituents is 1. The number of carbonyl (C=O) groups excluding carboxylic acids is 1. The van der Waals surface area contributed by atoms with E-state index in [2.05, 4.69) is 5.16 Å². The Hall–Kier alpha value is -2.31. The second-order valence-corrected chi connectivity index (χ2v) is 3.39. The number of hydrogen-bond donors (Lipinski definition) is 3. The van der Waals surface area contributed by atoms with Gasteiger partial charge >= 0.3 is 0 Å². The molecule has 0 bridgehead atoms. The maximum Gasteiger partial charge on any atom is 0.260 e.